The summed E-state index contributed by atoms with van der Waals surface area (Å²) in [4.78, 5) is 29.8. The highest BCUT2D eigenvalue weighted by Crippen LogP contribution is 2.22. The Kier molecular flexibility index (Phi) is 4.95. The number of rotatable bonds is 4. The summed E-state index contributed by atoms with van der Waals surface area (Å²) in [5.74, 6) is -0.411. The molecular weight excluding hydrogens is 338 g/mol. The molecule has 1 heterocycles. The van der Waals surface area contributed by atoms with Crippen molar-refractivity contribution < 1.29 is 14.3 Å². The van der Waals surface area contributed by atoms with Crippen molar-refractivity contribution in [3.63, 3.8) is 0 Å². The van der Waals surface area contributed by atoms with Crippen molar-refractivity contribution in [2.45, 2.75) is 6.54 Å². The largest absolute Gasteiger partial charge is 0.465 e. The number of hydrogen-bond acceptors (Lipinski definition) is 5. The van der Waals surface area contributed by atoms with E-state index in [0.29, 0.717) is 17.8 Å². The summed E-state index contributed by atoms with van der Waals surface area (Å²) in [5.41, 5.74) is 1.98. The smallest absolute Gasteiger partial charge is 0.337 e. The number of thiazole rings is 1. The molecule has 3 rings (SSSR count). The SMILES string of the molecule is COC(=O)c1ccc(NC(=O)N(C)Cc2nc3ccccc3s2)cc1. The predicted molar refractivity (Wildman–Crippen MR) is 97.9 cm³/mol. The number of benzene rings is 2. The van der Waals surface area contributed by atoms with Crippen LogP contribution in [0.25, 0.3) is 10.2 Å². The molecule has 7 heteroatoms. The number of urea groups is 1. The molecule has 3 aromatic rings. The number of esters is 1. The molecule has 25 heavy (non-hydrogen) atoms. The summed E-state index contributed by atoms with van der Waals surface area (Å²) >= 11 is 1.57. The van der Waals surface area contributed by atoms with Gasteiger partial charge in [-0.15, -0.1) is 11.3 Å². The predicted octanol–water partition coefficient (Wildman–Crippen LogP) is 3.75. The van der Waals surface area contributed by atoms with Gasteiger partial charge < -0.3 is 15.0 Å². The van der Waals surface area contributed by atoms with Crippen LogP contribution in [0.3, 0.4) is 0 Å². The summed E-state index contributed by atoms with van der Waals surface area (Å²) in [6, 6.07) is 14.2. The number of methoxy groups -OCH3 is 1. The first-order valence-electron chi connectivity index (χ1n) is 7.62. The zero-order chi connectivity index (χ0) is 17.8. The molecule has 0 aliphatic heterocycles. The van der Waals surface area contributed by atoms with Crippen molar-refractivity contribution in [2.75, 3.05) is 19.5 Å². The Morgan fingerprint density at radius 2 is 1.88 bits per heavy atom. The molecule has 0 aliphatic rings. The fraction of sp³-hybridized carbons (Fsp3) is 0.167. The molecule has 0 spiro atoms. The highest BCUT2D eigenvalue weighted by molar-refractivity contribution is 7.18. The first-order valence-corrected chi connectivity index (χ1v) is 8.43. The van der Waals surface area contributed by atoms with E-state index in [1.807, 2.05) is 24.3 Å². The van der Waals surface area contributed by atoms with Crippen LogP contribution in [0, 0.1) is 0 Å². The summed E-state index contributed by atoms with van der Waals surface area (Å²) in [6.45, 7) is 0.422. The molecule has 2 amide bonds. The van der Waals surface area contributed by atoms with E-state index < -0.39 is 5.97 Å². The molecule has 6 nitrogen and oxygen atoms in total. The molecule has 1 aromatic heterocycles. The van der Waals surface area contributed by atoms with Gasteiger partial charge in [-0.1, -0.05) is 12.1 Å². The molecule has 0 saturated heterocycles. The van der Waals surface area contributed by atoms with Gasteiger partial charge >= 0.3 is 12.0 Å². The third-order valence-electron chi connectivity index (χ3n) is 3.61. The molecule has 2 aromatic carbocycles. The van der Waals surface area contributed by atoms with Crippen LogP contribution in [-0.4, -0.2) is 36.0 Å². The van der Waals surface area contributed by atoms with Crippen LogP contribution >= 0.6 is 11.3 Å². The van der Waals surface area contributed by atoms with Crippen molar-refractivity contribution in [1.29, 1.82) is 0 Å². The van der Waals surface area contributed by atoms with E-state index in [2.05, 4.69) is 15.0 Å². The summed E-state index contributed by atoms with van der Waals surface area (Å²) < 4.78 is 5.75. The van der Waals surface area contributed by atoms with Crippen LogP contribution in [-0.2, 0) is 11.3 Å². The van der Waals surface area contributed by atoms with Gasteiger partial charge in [0.15, 0.2) is 0 Å². The van der Waals surface area contributed by atoms with Crippen molar-refractivity contribution in [3.05, 3.63) is 59.1 Å². The van der Waals surface area contributed by atoms with Crippen molar-refractivity contribution in [2.24, 2.45) is 0 Å². The lowest BCUT2D eigenvalue weighted by molar-refractivity contribution is 0.0601. The second-order valence-electron chi connectivity index (χ2n) is 5.43. The van der Waals surface area contributed by atoms with E-state index in [1.165, 1.54) is 7.11 Å². The van der Waals surface area contributed by atoms with Crippen molar-refractivity contribution in [1.82, 2.24) is 9.88 Å². The lowest BCUT2D eigenvalue weighted by atomic mass is 10.2. The van der Waals surface area contributed by atoms with E-state index in [4.69, 9.17) is 0 Å². The minimum absolute atomic E-state index is 0.245. The van der Waals surface area contributed by atoms with Crippen LogP contribution in [0.4, 0.5) is 10.5 Å². The normalized spacial score (nSPS) is 10.5. The van der Waals surface area contributed by atoms with Gasteiger partial charge in [0.2, 0.25) is 0 Å². The number of aromatic nitrogens is 1. The van der Waals surface area contributed by atoms with Crippen LogP contribution in [0.2, 0.25) is 0 Å². The van der Waals surface area contributed by atoms with E-state index in [9.17, 15) is 9.59 Å². The molecule has 0 fully saturated rings. The van der Waals surface area contributed by atoms with E-state index >= 15 is 0 Å². The lowest BCUT2D eigenvalue weighted by Crippen LogP contribution is -2.30. The number of nitrogens with zero attached hydrogens (tertiary/aromatic N) is 2. The van der Waals surface area contributed by atoms with Crippen LogP contribution in [0.5, 0.6) is 0 Å². The number of fused-ring (bicyclic) bond motifs is 1. The maximum Gasteiger partial charge on any atom is 0.337 e. The fourth-order valence-electron chi connectivity index (χ4n) is 2.29. The summed E-state index contributed by atoms with van der Waals surface area (Å²) in [5, 5.41) is 3.67. The second kappa shape index (κ2) is 7.31. The summed E-state index contributed by atoms with van der Waals surface area (Å²) in [7, 11) is 3.04. The number of para-hydroxylation sites is 1. The summed E-state index contributed by atoms with van der Waals surface area (Å²) in [6.07, 6.45) is 0. The zero-order valence-electron chi connectivity index (χ0n) is 13.9. The first-order chi connectivity index (χ1) is 12.1. The molecule has 0 radical (unpaired) electrons. The number of amides is 2. The van der Waals surface area contributed by atoms with Gasteiger partial charge in [-0.3, -0.25) is 0 Å². The molecule has 0 saturated carbocycles. The van der Waals surface area contributed by atoms with Crippen molar-refractivity contribution in [3.8, 4) is 0 Å². The van der Waals surface area contributed by atoms with Gasteiger partial charge in [0.1, 0.15) is 5.01 Å². The van der Waals surface area contributed by atoms with Gasteiger partial charge in [-0.25, -0.2) is 14.6 Å². The molecule has 0 unspecified atom stereocenters. The minimum atomic E-state index is -0.411. The number of ether oxygens (including phenoxy) is 1. The number of carbonyl (C=O) groups excluding carboxylic acids is 2. The minimum Gasteiger partial charge on any atom is -0.465 e. The van der Waals surface area contributed by atoms with E-state index in [1.54, 1.807) is 47.5 Å². The van der Waals surface area contributed by atoms with Crippen LogP contribution in [0.15, 0.2) is 48.5 Å². The standard InChI is InChI=1S/C18H17N3O3S/c1-21(11-16-20-14-5-3-4-6-15(14)25-16)18(23)19-13-9-7-12(8-10-13)17(22)24-2/h3-10H,11H2,1-2H3,(H,19,23). The molecule has 0 aliphatic carbocycles. The van der Waals surface area contributed by atoms with Gasteiger partial charge in [-0.05, 0) is 36.4 Å². The lowest BCUT2D eigenvalue weighted by Gasteiger charge is -2.16. The first kappa shape index (κ1) is 16.9. The van der Waals surface area contributed by atoms with Crippen LogP contribution in [0.1, 0.15) is 15.4 Å². The monoisotopic (exact) mass is 355 g/mol. The van der Waals surface area contributed by atoms with Gasteiger partial charge in [0, 0.05) is 12.7 Å². The highest BCUT2D eigenvalue weighted by atomic mass is 32.1. The van der Waals surface area contributed by atoms with Crippen LogP contribution < -0.4 is 5.32 Å². The Hall–Kier alpha value is -2.93. The Labute approximate surface area is 149 Å². The number of nitrogens with one attached hydrogen (secondary N) is 1. The molecule has 1 N–H and O–H groups in total. The molecule has 128 valence electrons. The highest BCUT2D eigenvalue weighted by Gasteiger charge is 2.13. The third-order valence-corrected chi connectivity index (χ3v) is 4.64. The van der Waals surface area contributed by atoms with E-state index in [0.717, 1.165) is 15.2 Å². The molecule has 0 bridgehead atoms. The van der Waals surface area contributed by atoms with Gasteiger partial charge in [0.05, 0.1) is 29.4 Å². The second-order valence-corrected chi connectivity index (χ2v) is 6.55. The quantitative estimate of drug-likeness (QED) is 0.724. The van der Waals surface area contributed by atoms with Crippen molar-refractivity contribution >= 4 is 39.2 Å². The Morgan fingerprint density at radius 3 is 2.56 bits per heavy atom. The Morgan fingerprint density at radius 1 is 1.16 bits per heavy atom. The van der Waals surface area contributed by atoms with Gasteiger partial charge in [0.25, 0.3) is 0 Å². The Bertz CT molecular complexity index is 872. The third kappa shape index (κ3) is 3.95. The zero-order valence-corrected chi connectivity index (χ0v) is 14.7. The maximum atomic E-state index is 12.3. The fourth-order valence-corrected chi connectivity index (χ4v) is 3.31. The molecular formula is C18H17N3O3S. The average molecular weight is 355 g/mol. The van der Waals surface area contributed by atoms with Gasteiger partial charge in [-0.2, -0.15) is 0 Å². The maximum absolute atomic E-state index is 12.3. The topological polar surface area (TPSA) is 71.5 Å². The average Bonchev–Trinajstić information content (AvgIpc) is 3.03. The van der Waals surface area contributed by atoms with E-state index in [-0.39, 0.29) is 6.03 Å². The number of hydrogen-bond donors (Lipinski definition) is 1. The molecule has 0 atom stereocenters. The Balaban J connectivity index is 1.63. The number of anilines is 1. The number of carbonyl (C=O) groups is 2.